The van der Waals surface area contributed by atoms with Crippen molar-refractivity contribution in [3.63, 3.8) is 0 Å². The molecule has 2 fully saturated rings. The van der Waals surface area contributed by atoms with Gasteiger partial charge in [-0.25, -0.2) is 4.39 Å². The average Bonchev–Trinajstić information content (AvgIpc) is 3.58. The Morgan fingerprint density at radius 1 is 1.00 bits per heavy atom. The van der Waals surface area contributed by atoms with Gasteiger partial charge in [-0.15, -0.1) is 0 Å². The van der Waals surface area contributed by atoms with Crippen molar-refractivity contribution in [1.29, 1.82) is 0 Å². The molecule has 12 heteroatoms. The van der Waals surface area contributed by atoms with Crippen LogP contribution in [0.15, 0.2) is 47.3 Å². The molecule has 5 rings (SSSR count). The van der Waals surface area contributed by atoms with E-state index in [0.29, 0.717) is 49.4 Å². The van der Waals surface area contributed by atoms with Crippen LogP contribution in [0.2, 0.25) is 0 Å². The number of fused-ring (bicyclic) bond motifs is 1. The SMILES string of the molecule is Cn1c(=O)ccc2ccc(CN(Cc3cc(C(F)(F)F)cc(C(F)(F)F)c3)C(=O)C3(CC4CC4)CCNC3)c(F)c21. The van der Waals surface area contributed by atoms with Gasteiger partial charge in [-0.3, -0.25) is 9.59 Å². The van der Waals surface area contributed by atoms with Crippen LogP contribution >= 0.6 is 0 Å². The lowest BCUT2D eigenvalue weighted by Crippen LogP contribution is -2.45. The molecule has 2 heterocycles. The van der Waals surface area contributed by atoms with E-state index < -0.39 is 59.3 Å². The molecular weight excluding hydrogens is 555 g/mol. The van der Waals surface area contributed by atoms with Gasteiger partial charge in [0.25, 0.3) is 5.56 Å². The highest BCUT2D eigenvalue weighted by atomic mass is 19.4. The molecule has 1 N–H and O–H groups in total. The summed E-state index contributed by atoms with van der Waals surface area (Å²) in [6.45, 7) is -0.165. The van der Waals surface area contributed by atoms with Crippen molar-refractivity contribution >= 4 is 16.8 Å². The molecule has 1 unspecified atom stereocenters. The van der Waals surface area contributed by atoms with Gasteiger partial charge in [0.2, 0.25) is 5.91 Å². The molecule has 1 aliphatic carbocycles. The third-order valence-corrected chi connectivity index (χ3v) is 8.04. The lowest BCUT2D eigenvalue weighted by molar-refractivity contribution is -0.143. The van der Waals surface area contributed by atoms with E-state index in [4.69, 9.17) is 0 Å². The van der Waals surface area contributed by atoms with E-state index in [0.717, 1.165) is 22.3 Å². The third-order valence-electron chi connectivity index (χ3n) is 8.04. The Bertz CT molecular complexity index is 1500. The normalized spacial score (nSPS) is 19.6. The molecule has 3 aromatic rings. The quantitative estimate of drug-likeness (QED) is 0.346. The minimum atomic E-state index is -5.05. The first-order chi connectivity index (χ1) is 19.2. The predicted molar refractivity (Wildman–Crippen MR) is 137 cm³/mol. The van der Waals surface area contributed by atoms with E-state index in [9.17, 15) is 35.9 Å². The first-order valence-corrected chi connectivity index (χ1v) is 13.2. The number of nitrogens with zero attached hydrogens (tertiary/aromatic N) is 2. The number of rotatable bonds is 7. The van der Waals surface area contributed by atoms with Gasteiger partial charge in [-0.2, -0.15) is 26.3 Å². The van der Waals surface area contributed by atoms with Gasteiger partial charge in [0.1, 0.15) is 0 Å². The minimum absolute atomic E-state index is 0.0115. The fourth-order valence-corrected chi connectivity index (χ4v) is 5.74. The van der Waals surface area contributed by atoms with Gasteiger partial charge in [0.05, 0.1) is 22.1 Å². The summed E-state index contributed by atoms with van der Waals surface area (Å²) in [5.41, 5.74) is -4.75. The van der Waals surface area contributed by atoms with E-state index in [2.05, 4.69) is 5.32 Å². The molecule has 0 bridgehead atoms. The summed E-state index contributed by atoms with van der Waals surface area (Å²) in [6.07, 6.45) is -7.26. The van der Waals surface area contributed by atoms with E-state index >= 15 is 4.39 Å². The van der Waals surface area contributed by atoms with Crippen LogP contribution in [0.3, 0.4) is 0 Å². The summed E-state index contributed by atoms with van der Waals surface area (Å²) in [6, 6.07) is 6.91. The molecule has 220 valence electrons. The monoisotopic (exact) mass is 583 g/mol. The Kier molecular flexibility index (Phi) is 7.42. The number of hydrogen-bond donors (Lipinski definition) is 1. The van der Waals surface area contributed by atoms with Crippen molar-refractivity contribution in [2.75, 3.05) is 13.1 Å². The lowest BCUT2D eigenvalue weighted by atomic mass is 9.80. The molecule has 1 saturated heterocycles. The largest absolute Gasteiger partial charge is 0.416 e. The van der Waals surface area contributed by atoms with Crippen molar-refractivity contribution in [3.05, 3.63) is 80.9 Å². The molecular formula is C29H28F7N3O2. The van der Waals surface area contributed by atoms with Crippen LogP contribution in [-0.4, -0.2) is 28.5 Å². The Labute approximate surface area is 230 Å². The van der Waals surface area contributed by atoms with E-state index in [-0.39, 0.29) is 22.7 Å². The Morgan fingerprint density at radius 3 is 2.20 bits per heavy atom. The number of carbonyl (C=O) groups is 1. The van der Waals surface area contributed by atoms with Gasteiger partial charge < -0.3 is 14.8 Å². The number of carbonyl (C=O) groups excluding carboxylic acids is 1. The van der Waals surface area contributed by atoms with Crippen molar-refractivity contribution in [1.82, 2.24) is 14.8 Å². The fourth-order valence-electron chi connectivity index (χ4n) is 5.74. The molecule has 0 spiro atoms. The molecule has 2 aliphatic rings. The molecule has 1 aromatic heterocycles. The zero-order chi connectivity index (χ0) is 29.7. The zero-order valence-electron chi connectivity index (χ0n) is 22.1. The zero-order valence-corrected chi connectivity index (χ0v) is 22.1. The van der Waals surface area contributed by atoms with Crippen LogP contribution in [0, 0.1) is 17.2 Å². The van der Waals surface area contributed by atoms with Gasteiger partial charge in [-0.1, -0.05) is 25.0 Å². The Morgan fingerprint density at radius 2 is 1.63 bits per heavy atom. The van der Waals surface area contributed by atoms with E-state index in [1.165, 1.54) is 25.2 Å². The third kappa shape index (κ3) is 5.98. The summed E-state index contributed by atoms with van der Waals surface area (Å²) in [7, 11) is 1.39. The number of halogens is 7. The minimum Gasteiger partial charge on any atom is -0.333 e. The second kappa shape index (κ2) is 10.5. The molecule has 5 nitrogen and oxygen atoms in total. The number of amides is 1. The van der Waals surface area contributed by atoms with Crippen LogP contribution in [-0.2, 0) is 37.3 Å². The molecule has 1 atom stereocenters. The van der Waals surface area contributed by atoms with Crippen molar-refractivity contribution in [2.24, 2.45) is 18.4 Å². The fraction of sp³-hybridized carbons (Fsp3) is 0.448. The summed E-state index contributed by atoms with van der Waals surface area (Å²) in [5.74, 6) is -0.943. The van der Waals surface area contributed by atoms with Crippen molar-refractivity contribution < 1.29 is 35.5 Å². The Hall–Kier alpha value is -3.41. The Balaban J connectivity index is 1.59. The lowest BCUT2D eigenvalue weighted by Gasteiger charge is -2.35. The maximum atomic E-state index is 15.8. The van der Waals surface area contributed by atoms with Crippen LogP contribution in [0.1, 0.15) is 47.9 Å². The molecule has 1 aliphatic heterocycles. The number of aromatic nitrogens is 1. The van der Waals surface area contributed by atoms with Gasteiger partial charge in [0, 0.05) is 43.7 Å². The summed E-state index contributed by atoms with van der Waals surface area (Å²) in [5, 5.41) is 3.58. The summed E-state index contributed by atoms with van der Waals surface area (Å²) in [4.78, 5) is 27.5. The number of aryl methyl sites for hydroxylation is 1. The van der Waals surface area contributed by atoms with Crippen LogP contribution < -0.4 is 10.9 Å². The van der Waals surface area contributed by atoms with Crippen molar-refractivity contribution in [2.45, 2.75) is 51.1 Å². The second-order valence-corrected chi connectivity index (χ2v) is 11.1. The average molecular weight is 584 g/mol. The highest BCUT2D eigenvalue weighted by Crippen LogP contribution is 2.45. The summed E-state index contributed by atoms with van der Waals surface area (Å²) < 4.78 is 98.4. The van der Waals surface area contributed by atoms with E-state index in [1.54, 1.807) is 6.07 Å². The highest BCUT2D eigenvalue weighted by Gasteiger charge is 2.47. The second-order valence-electron chi connectivity index (χ2n) is 11.1. The summed E-state index contributed by atoms with van der Waals surface area (Å²) >= 11 is 0. The molecule has 1 amide bonds. The van der Waals surface area contributed by atoms with Gasteiger partial charge in [0.15, 0.2) is 5.82 Å². The number of nitrogens with one attached hydrogen (secondary N) is 1. The molecule has 41 heavy (non-hydrogen) atoms. The van der Waals surface area contributed by atoms with Gasteiger partial charge in [-0.05, 0) is 55.1 Å². The number of hydrogen-bond acceptors (Lipinski definition) is 3. The first kappa shape index (κ1) is 29.1. The maximum absolute atomic E-state index is 15.8. The van der Waals surface area contributed by atoms with Crippen LogP contribution in [0.25, 0.3) is 10.9 Å². The van der Waals surface area contributed by atoms with Crippen molar-refractivity contribution in [3.8, 4) is 0 Å². The smallest absolute Gasteiger partial charge is 0.333 e. The van der Waals surface area contributed by atoms with Crippen LogP contribution in [0.4, 0.5) is 30.7 Å². The number of pyridine rings is 1. The first-order valence-electron chi connectivity index (χ1n) is 13.2. The maximum Gasteiger partial charge on any atom is 0.416 e. The molecule has 2 aromatic carbocycles. The molecule has 0 radical (unpaired) electrons. The van der Waals surface area contributed by atoms with Gasteiger partial charge >= 0.3 is 12.4 Å². The molecule has 1 saturated carbocycles. The standard InChI is InChI=1S/C29H28F7N3O2/c1-38-23(40)7-6-19-4-5-20(24(30)25(19)38)15-39(26(41)27(8-9-37-16-27)13-17-2-3-17)14-18-10-21(28(31,32)33)12-22(11-18)29(34,35)36/h4-7,10-12,17,37H,2-3,8-9,13-16H2,1H3. The van der Waals surface area contributed by atoms with Crippen LogP contribution in [0.5, 0.6) is 0 Å². The number of benzene rings is 2. The predicted octanol–water partition coefficient (Wildman–Crippen LogP) is 6.02. The number of alkyl halides is 6. The topological polar surface area (TPSA) is 54.3 Å². The van der Waals surface area contributed by atoms with E-state index in [1.807, 2.05) is 0 Å². The highest BCUT2D eigenvalue weighted by molar-refractivity contribution is 5.84.